The average molecular weight is 458 g/mol. The largest absolute Gasteiger partial charge is 0.487 e. The molecule has 1 aromatic carbocycles. The number of aryl methyl sites for hydroxylation is 1. The van der Waals surface area contributed by atoms with Gasteiger partial charge in [-0.3, -0.25) is 9.59 Å². The number of halogens is 2. The molecule has 6 nitrogen and oxygen atoms in total. The number of fused-ring (bicyclic) bond motifs is 3. The molecule has 1 amide bonds. The standard InChI is InChI=1S/C22H31N3O3.2ClH/c1-15-4-5-18-16(14-15)22(2)8-6-17(26)20(21(22)28-18)23-19(27)7-9-25-12-10-24(3)11-13-25;;/h4-5,14,20-21H,6-13H2,1-3H3,(H,23,27);2*1H/t20-,21-,22-;;/m0../s1. The van der Waals surface area contributed by atoms with Crippen LogP contribution in [0.5, 0.6) is 5.75 Å². The van der Waals surface area contributed by atoms with Crippen molar-refractivity contribution in [1.29, 1.82) is 0 Å². The summed E-state index contributed by atoms with van der Waals surface area (Å²) in [5.41, 5.74) is 2.13. The molecule has 2 aliphatic heterocycles. The Morgan fingerprint density at radius 1 is 1.23 bits per heavy atom. The second kappa shape index (κ2) is 9.86. The Labute approximate surface area is 191 Å². The first kappa shape index (κ1) is 24.9. The van der Waals surface area contributed by atoms with Crippen LogP contribution in [0.15, 0.2) is 18.2 Å². The van der Waals surface area contributed by atoms with Crippen LogP contribution in [0.25, 0.3) is 0 Å². The Morgan fingerprint density at radius 2 is 1.93 bits per heavy atom. The molecular formula is C22H33Cl2N3O3. The van der Waals surface area contributed by atoms with Crippen molar-refractivity contribution in [3.05, 3.63) is 29.3 Å². The zero-order valence-corrected chi connectivity index (χ0v) is 19.6. The third-order valence-corrected chi connectivity index (χ3v) is 6.74. The maximum Gasteiger partial charge on any atom is 0.221 e. The van der Waals surface area contributed by atoms with Crippen molar-refractivity contribution in [1.82, 2.24) is 15.1 Å². The quantitative estimate of drug-likeness (QED) is 0.751. The number of amides is 1. The van der Waals surface area contributed by atoms with Crippen molar-refractivity contribution in [3.8, 4) is 5.75 Å². The van der Waals surface area contributed by atoms with Crippen molar-refractivity contribution in [2.75, 3.05) is 39.8 Å². The molecule has 1 aliphatic carbocycles. The van der Waals surface area contributed by atoms with Crippen LogP contribution in [0.2, 0.25) is 0 Å². The number of likely N-dealkylation sites (N-methyl/N-ethyl adjacent to an activating group) is 1. The molecule has 2 heterocycles. The van der Waals surface area contributed by atoms with E-state index in [4.69, 9.17) is 4.74 Å². The molecule has 3 atom stereocenters. The minimum Gasteiger partial charge on any atom is -0.487 e. The maximum atomic E-state index is 12.7. The number of hydrogen-bond acceptors (Lipinski definition) is 5. The smallest absolute Gasteiger partial charge is 0.221 e. The summed E-state index contributed by atoms with van der Waals surface area (Å²) in [6, 6.07) is 5.62. The number of Topliss-reactive ketones (excluding diaryl/α,β-unsaturated/α-hetero) is 1. The first-order valence-electron chi connectivity index (χ1n) is 10.4. The molecule has 1 aromatic rings. The summed E-state index contributed by atoms with van der Waals surface area (Å²) >= 11 is 0. The molecule has 30 heavy (non-hydrogen) atoms. The molecule has 1 N–H and O–H groups in total. The van der Waals surface area contributed by atoms with Gasteiger partial charge in [-0.05, 0) is 26.5 Å². The van der Waals surface area contributed by atoms with Gasteiger partial charge in [-0.2, -0.15) is 0 Å². The van der Waals surface area contributed by atoms with Gasteiger partial charge in [-0.1, -0.05) is 24.6 Å². The van der Waals surface area contributed by atoms with Crippen LogP contribution in [0.4, 0.5) is 0 Å². The van der Waals surface area contributed by atoms with Gasteiger partial charge in [0, 0.05) is 56.5 Å². The number of benzene rings is 1. The van der Waals surface area contributed by atoms with Crippen molar-refractivity contribution >= 4 is 36.5 Å². The SMILES string of the molecule is Cc1ccc2c(c1)[C@]1(C)CCC(=O)[C@H](NC(=O)CCN3CCN(C)CC3)[C@@H]1O2.Cl.Cl. The highest BCUT2D eigenvalue weighted by Gasteiger charge is 2.54. The summed E-state index contributed by atoms with van der Waals surface area (Å²) in [7, 11) is 2.12. The minimum atomic E-state index is -0.563. The monoisotopic (exact) mass is 457 g/mol. The molecule has 3 aliphatic rings. The Morgan fingerprint density at radius 3 is 2.63 bits per heavy atom. The summed E-state index contributed by atoms with van der Waals surface area (Å²) in [4.78, 5) is 29.9. The molecule has 0 bridgehead atoms. The first-order valence-corrected chi connectivity index (χ1v) is 10.4. The second-order valence-corrected chi connectivity index (χ2v) is 8.86. The molecule has 1 saturated heterocycles. The Balaban J connectivity index is 0.00000160. The zero-order chi connectivity index (χ0) is 19.9. The molecular weight excluding hydrogens is 425 g/mol. The van der Waals surface area contributed by atoms with E-state index in [9.17, 15) is 9.59 Å². The fraction of sp³-hybridized carbons (Fsp3) is 0.636. The molecule has 2 fully saturated rings. The first-order chi connectivity index (χ1) is 13.4. The summed E-state index contributed by atoms with van der Waals surface area (Å²) < 4.78 is 6.21. The number of carbonyl (C=O) groups excluding carboxylic acids is 2. The number of hydrogen-bond donors (Lipinski definition) is 1. The predicted octanol–water partition coefficient (Wildman–Crippen LogP) is 2.34. The van der Waals surface area contributed by atoms with E-state index in [1.165, 1.54) is 11.1 Å². The zero-order valence-electron chi connectivity index (χ0n) is 18.0. The summed E-state index contributed by atoms with van der Waals surface area (Å²) in [5.74, 6) is 0.877. The Bertz CT molecular complexity index is 783. The molecule has 0 unspecified atom stereocenters. The molecule has 168 valence electrons. The normalized spacial score (nSPS) is 28.4. The van der Waals surface area contributed by atoms with Crippen LogP contribution in [0.1, 0.15) is 37.3 Å². The fourth-order valence-corrected chi connectivity index (χ4v) is 4.77. The number of nitrogens with one attached hydrogen (secondary N) is 1. The molecule has 8 heteroatoms. The van der Waals surface area contributed by atoms with Gasteiger partial charge in [0.05, 0.1) is 0 Å². The Hall–Kier alpha value is -1.34. The summed E-state index contributed by atoms with van der Waals surface area (Å²) in [5, 5.41) is 3.01. The topological polar surface area (TPSA) is 61.9 Å². The van der Waals surface area contributed by atoms with E-state index in [0.29, 0.717) is 12.8 Å². The average Bonchev–Trinajstić information content (AvgIpc) is 2.97. The summed E-state index contributed by atoms with van der Waals surface area (Å²) in [6.07, 6.45) is 1.34. The lowest BCUT2D eigenvalue weighted by Gasteiger charge is -2.39. The summed E-state index contributed by atoms with van der Waals surface area (Å²) in [6.45, 7) is 9.03. The third-order valence-electron chi connectivity index (χ3n) is 6.74. The van der Waals surface area contributed by atoms with Crippen LogP contribution >= 0.6 is 24.8 Å². The van der Waals surface area contributed by atoms with Gasteiger partial charge in [-0.25, -0.2) is 0 Å². The molecule has 0 aromatic heterocycles. The van der Waals surface area contributed by atoms with E-state index < -0.39 is 6.04 Å². The van der Waals surface area contributed by atoms with E-state index in [0.717, 1.165) is 44.9 Å². The number of ether oxygens (including phenoxy) is 1. The Kier molecular flexibility index (Phi) is 8.19. The minimum absolute atomic E-state index is 0. The van der Waals surface area contributed by atoms with Crippen molar-refractivity contribution < 1.29 is 14.3 Å². The second-order valence-electron chi connectivity index (χ2n) is 8.86. The number of ketones is 1. The van der Waals surface area contributed by atoms with Gasteiger partial charge in [0.1, 0.15) is 17.9 Å². The van der Waals surface area contributed by atoms with Crippen LogP contribution in [-0.4, -0.2) is 73.4 Å². The highest BCUT2D eigenvalue weighted by molar-refractivity contribution is 5.91. The lowest BCUT2D eigenvalue weighted by atomic mass is 9.67. The highest BCUT2D eigenvalue weighted by atomic mass is 35.5. The van der Waals surface area contributed by atoms with Gasteiger partial charge in [-0.15, -0.1) is 24.8 Å². The van der Waals surface area contributed by atoms with Crippen LogP contribution < -0.4 is 10.1 Å². The van der Waals surface area contributed by atoms with Crippen LogP contribution in [-0.2, 0) is 15.0 Å². The van der Waals surface area contributed by atoms with Crippen LogP contribution in [0, 0.1) is 6.92 Å². The lowest BCUT2D eigenvalue weighted by Crippen LogP contribution is -2.59. The van der Waals surface area contributed by atoms with E-state index in [1.54, 1.807) is 0 Å². The molecule has 4 rings (SSSR count). The fourth-order valence-electron chi connectivity index (χ4n) is 4.77. The number of carbonyl (C=O) groups is 2. The highest BCUT2D eigenvalue weighted by Crippen LogP contribution is 2.49. The number of rotatable bonds is 4. The van der Waals surface area contributed by atoms with E-state index in [1.807, 2.05) is 12.1 Å². The molecule has 0 spiro atoms. The van der Waals surface area contributed by atoms with E-state index in [-0.39, 0.29) is 48.0 Å². The molecule has 0 radical (unpaired) electrons. The van der Waals surface area contributed by atoms with Crippen molar-refractivity contribution in [3.63, 3.8) is 0 Å². The molecule has 1 saturated carbocycles. The van der Waals surface area contributed by atoms with E-state index in [2.05, 4.69) is 42.1 Å². The number of piperazine rings is 1. The third kappa shape index (κ3) is 4.77. The number of nitrogens with zero attached hydrogens (tertiary/aromatic N) is 2. The lowest BCUT2D eigenvalue weighted by molar-refractivity contribution is -0.133. The maximum absolute atomic E-state index is 12.7. The van der Waals surface area contributed by atoms with Gasteiger partial charge < -0.3 is 19.9 Å². The van der Waals surface area contributed by atoms with E-state index >= 15 is 0 Å². The van der Waals surface area contributed by atoms with Gasteiger partial charge in [0.25, 0.3) is 0 Å². The van der Waals surface area contributed by atoms with Gasteiger partial charge >= 0.3 is 0 Å². The van der Waals surface area contributed by atoms with Gasteiger partial charge in [0.2, 0.25) is 5.91 Å². The predicted molar refractivity (Wildman–Crippen MR) is 122 cm³/mol. The van der Waals surface area contributed by atoms with Gasteiger partial charge in [0.15, 0.2) is 5.78 Å². The van der Waals surface area contributed by atoms with Crippen LogP contribution in [0.3, 0.4) is 0 Å². The van der Waals surface area contributed by atoms with Crippen molar-refractivity contribution in [2.45, 2.75) is 50.7 Å². The van der Waals surface area contributed by atoms with Crippen molar-refractivity contribution in [2.24, 2.45) is 0 Å².